The molecular weight excluding hydrogens is 398 g/mol. The van der Waals surface area contributed by atoms with Crippen molar-refractivity contribution in [3.8, 4) is 17.2 Å². The Morgan fingerprint density at radius 3 is 2.69 bits per heavy atom. The molecule has 2 aliphatic heterocycles. The number of fused-ring (bicyclic) bond motifs is 2. The molecular formula is C21H20ClNO6. The summed E-state index contributed by atoms with van der Waals surface area (Å²) in [6.07, 6.45) is 1.26. The van der Waals surface area contributed by atoms with Gasteiger partial charge in [0.05, 0.1) is 19.1 Å². The van der Waals surface area contributed by atoms with E-state index in [9.17, 15) is 9.59 Å². The zero-order chi connectivity index (χ0) is 20.2. The van der Waals surface area contributed by atoms with Gasteiger partial charge in [-0.25, -0.2) is 0 Å². The van der Waals surface area contributed by atoms with Gasteiger partial charge in [0.2, 0.25) is 0 Å². The second kappa shape index (κ2) is 8.61. The predicted octanol–water partition coefficient (Wildman–Crippen LogP) is 3.23. The van der Waals surface area contributed by atoms with Crippen molar-refractivity contribution in [2.75, 3.05) is 31.7 Å². The number of ether oxygens (including phenoxy) is 4. The van der Waals surface area contributed by atoms with Gasteiger partial charge in [0.25, 0.3) is 5.91 Å². The first kappa shape index (κ1) is 19.4. The van der Waals surface area contributed by atoms with Crippen molar-refractivity contribution in [2.24, 2.45) is 5.92 Å². The SMILES string of the molecule is O=C(COC(=O)[C@H]1COc2ccc(Cl)cc2C1)Nc1ccc2c(c1)OCCCO2. The molecule has 152 valence electrons. The molecule has 7 nitrogen and oxygen atoms in total. The summed E-state index contributed by atoms with van der Waals surface area (Å²) in [6, 6.07) is 10.4. The maximum Gasteiger partial charge on any atom is 0.313 e. The lowest BCUT2D eigenvalue weighted by molar-refractivity contribution is -0.152. The molecule has 0 bridgehead atoms. The number of esters is 1. The molecule has 1 amide bonds. The molecule has 2 aromatic carbocycles. The Bertz CT molecular complexity index is 931. The van der Waals surface area contributed by atoms with Crippen LogP contribution in [0.25, 0.3) is 0 Å². The van der Waals surface area contributed by atoms with Crippen LogP contribution in [0.3, 0.4) is 0 Å². The summed E-state index contributed by atoms with van der Waals surface area (Å²) >= 11 is 6.00. The van der Waals surface area contributed by atoms with Gasteiger partial charge < -0.3 is 24.3 Å². The van der Waals surface area contributed by atoms with Crippen LogP contribution in [-0.2, 0) is 20.7 Å². The predicted molar refractivity (Wildman–Crippen MR) is 106 cm³/mol. The summed E-state index contributed by atoms with van der Waals surface area (Å²) in [5.41, 5.74) is 1.39. The van der Waals surface area contributed by atoms with Crippen LogP contribution in [-0.4, -0.2) is 38.3 Å². The zero-order valence-corrected chi connectivity index (χ0v) is 16.4. The van der Waals surface area contributed by atoms with Crippen LogP contribution in [0, 0.1) is 5.92 Å². The van der Waals surface area contributed by atoms with Gasteiger partial charge in [-0.1, -0.05) is 11.6 Å². The van der Waals surface area contributed by atoms with E-state index in [0.717, 1.165) is 12.0 Å². The number of halogens is 1. The van der Waals surface area contributed by atoms with Crippen LogP contribution < -0.4 is 19.5 Å². The summed E-state index contributed by atoms with van der Waals surface area (Å²) in [5, 5.41) is 3.27. The van der Waals surface area contributed by atoms with Gasteiger partial charge in [-0.15, -0.1) is 0 Å². The number of carbonyl (C=O) groups is 2. The van der Waals surface area contributed by atoms with Crippen LogP contribution in [0.4, 0.5) is 5.69 Å². The van der Waals surface area contributed by atoms with E-state index >= 15 is 0 Å². The second-order valence-corrected chi connectivity index (χ2v) is 7.27. The van der Waals surface area contributed by atoms with Gasteiger partial charge in [0, 0.05) is 23.2 Å². The Kier molecular flexibility index (Phi) is 5.76. The van der Waals surface area contributed by atoms with Crippen LogP contribution in [0.5, 0.6) is 17.2 Å². The van der Waals surface area contributed by atoms with Crippen molar-refractivity contribution in [2.45, 2.75) is 12.8 Å². The van der Waals surface area contributed by atoms with Gasteiger partial charge in [-0.05, 0) is 42.3 Å². The summed E-state index contributed by atoms with van der Waals surface area (Å²) in [6.45, 7) is 0.972. The minimum absolute atomic E-state index is 0.206. The second-order valence-electron chi connectivity index (χ2n) is 6.83. The number of rotatable bonds is 4. The van der Waals surface area contributed by atoms with Crippen molar-refractivity contribution in [3.05, 3.63) is 47.0 Å². The smallest absolute Gasteiger partial charge is 0.313 e. The summed E-state index contributed by atoms with van der Waals surface area (Å²) in [4.78, 5) is 24.5. The highest BCUT2D eigenvalue weighted by molar-refractivity contribution is 6.30. The molecule has 29 heavy (non-hydrogen) atoms. The fraction of sp³-hybridized carbons (Fsp3) is 0.333. The number of hydrogen-bond donors (Lipinski definition) is 1. The Hall–Kier alpha value is -2.93. The van der Waals surface area contributed by atoms with Crippen LogP contribution in [0.15, 0.2) is 36.4 Å². The molecule has 8 heteroatoms. The average Bonchev–Trinajstić information content (AvgIpc) is 2.96. The molecule has 1 atom stereocenters. The summed E-state index contributed by atoms with van der Waals surface area (Å²) in [5.74, 6) is 0.536. The van der Waals surface area contributed by atoms with E-state index in [1.54, 1.807) is 36.4 Å². The maximum absolute atomic E-state index is 12.3. The number of benzene rings is 2. The van der Waals surface area contributed by atoms with Crippen LogP contribution >= 0.6 is 11.6 Å². The number of carbonyl (C=O) groups excluding carboxylic acids is 2. The standard InChI is InChI=1S/C21H20ClNO6/c22-15-2-4-17-13(9-15)8-14(11-28-17)21(25)29-12-20(24)23-16-3-5-18-19(10-16)27-7-1-6-26-18/h2-5,9-10,14H,1,6-8,11-12H2,(H,23,24)/t14-/m1/s1. The first-order valence-electron chi connectivity index (χ1n) is 9.36. The van der Waals surface area contributed by atoms with Gasteiger partial charge in [-0.2, -0.15) is 0 Å². The van der Waals surface area contributed by atoms with Crippen molar-refractivity contribution < 1.29 is 28.5 Å². The van der Waals surface area contributed by atoms with Gasteiger partial charge in [0.1, 0.15) is 12.4 Å². The van der Waals surface area contributed by atoms with Crippen LogP contribution in [0.2, 0.25) is 5.02 Å². The molecule has 0 unspecified atom stereocenters. The zero-order valence-electron chi connectivity index (χ0n) is 15.6. The first-order valence-corrected chi connectivity index (χ1v) is 9.73. The number of hydrogen-bond acceptors (Lipinski definition) is 6. The minimum atomic E-state index is -0.482. The monoisotopic (exact) mass is 417 g/mol. The summed E-state index contributed by atoms with van der Waals surface area (Å²) < 4.78 is 21.9. The van der Waals surface area contributed by atoms with E-state index in [1.807, 2.05) is 0 Å². The fourth-order valence-electron chi connectivity index (χ4n) is 3.21. The maximum atomic E-state index is 12.3. The van der Waals surface area contributed by atoms with Crippen molar-refractivity contribution >= 4 is 29.2 Å². The molecule has 0 spiro atoms. The van der Waals surface area contributed by atoms with Crippen molar-refractivity contribution in [1.82, 2.24) is 0 Å². The fourth-order valence-corrected chi connectivity index (χ4v) is 3.40. The lowest BCUT2D eigenvalue weighted by Crippen LogP contribution is -2.32. The number of nitrogens with one attached hydrogen (secondary N) is 1. The topological polar surface area (TPSA) is 83.1 Å². The normalized spacial score (nSPS) is 17.3. The largest absolute Gasteiger partial charge is 0.492 e. The highest BCUT2D eigenvalue weighted by Crippen LogP contribution is 2.32. The average molecular weight is 418 g/mol. The molecule has 0 radical (unpaired) electrons. The lowest BCUT2D eigenvalue weighted by atomic mass is 9.97. The molecule has 0 aliphatic carbocycles. The molecule has 2 heterocycles. The van der Waals surface area contributed by atoms with Gasteiger partial charge >= 0.3 is 5.97 Å². The van der Waals surface area contributed by atoms with Gasteiger partial charge in [-0.3, -0.25) is 9.59 Å². The Morgan fingerprint density at radius 2 is 1.83 bits per heavy atom. The van der Waals surface area contributed by atoms with Crippen LogP contribution in [0.1, 0.15) is 12.0 Å². The quantitative estimate of drug-likeness (QED) is 0.769. The third kappa shape index (κ3) is 4.74. The molecule has 0 aromatic heterocycles. The minimum Gasteiger partial charge on any atom is -0.492 e. The highest BCUT2D eigenvalue weighted by Gasteiger charge is 2.28. The molecule has 1 N–H and O–H groups in total. The molecule has 0 saturated carbocycles. The first-order chi connectivity index (χ1) is 14.1. The van der Waals surface area contributed by atoms with E-state index in [2.05, 4.69) is 5.32 Å². The molecule has 0 fully saturated rings. The Balaban J connectivity index is 1.29. The van der Waals surface area contributed by atoms with E-state index in [-0.39, 0.29) is 13.2 Å². The summed E-state index contributed by atoms with van der Waals surface area (Å²) in [7, 11) is 0. The molecule has 2 aliphatic rings. The third-order valence-electron chi connectivity index (χ3n) is 4.64. The number of anilines is 1. The van der Waals surface area contributed by atoms with E-state index < -0.39 is 17.8 Å². The number of amides is 1. The van der Waals surface area contributed by atoms with E-state index in [4.69, 9.17) is 30.5 Å². The molecule has 2 aromatic rings. The molecule has 4 rings (SSSR count). The lowest BCUT2D eigenvalue weighted by Gasteiger charge is -2.24. The Morgan fingerprint density at radius 1 is 1.03 bits per heavy atom. The van der Waals surface area contributed by atoms with E-state index in [1.165, 1.54) is 0 Å². The third-order valence-corrected chi connectivity index (χ3v) is 4.87. The van der Waals surface area contributed by atoms with Crippen molar-refractivity contribution in [3.63, 3.8) is 0 Å². The molecule has 0 saturated heterocycles. The van der Waals surface area contributed by atoms with E-state index in [0.29, 0.717) is 47.6 Å². The highest BCUT2D eigenvalue weighted by atomic mass is 35.5. The Labute approximate surface area is 172 Å². The van der Waals surface area contributed by atoms with Crippen molar-refractivity contribution in [1.29, 1.82) is 0 Å². The van der Waals surface area contributed by atoms with Gasteiger partial charge in [0.15, 0.2) is 18.1 Å².